The Kier molecular flexibility index (Phi) is 3.67. The summed E-state index contributed by atoms with van der Waals surface area (Å²) in [6.07, 6.45) is 1.84. The Morgan fingerprint density at radius 3 is 2.93 bits per heavy atom. The summed E-state index contributed by atoms with van der Waals surface area (Å²) >= 11 is 7.45. The van der Waals surface area contributed by atoms with Crippen molar-refractivity contribution in [2.75, 3.05) is 6.54 Å². The lowest BCUT2D eigenvalue weighted by molar-refractivity contribution is 0.0421. The SMILES string of the molecule is CC(NCC1CC(O)C1)c1csc(Cl)c1. The largest absolute Gasteiger partial charge is 0.393 e. The van der Waals surface area contributed by atoms with Crippen LogP contribution in [0.25, 0.3) is 0 Å². The Bertz CT molecular complexity index is 322. The highest BCUT2D eigenvalue weighted by atomic mass is 35.5. The molecule has 2 N–H and O–H groups in total. The number of aliphatic hydroxyl groups excluding tert-OH is 1. The highest BCUT2D eigenvalue weighted by Crippen LogP contribution is 2.28. The van der Waals surface area contributed by atoms with Gasteiger partial charge in [0, 0.05) is 6.04 Å². The van der Waals surface area contributed by atoms with Crippen molar-refractivity contribution >= 4 is 22.9 Å². The quantitative estimate of drug-likeness (QED) is 0.855. The molecule has 2 nitrogen and oxygen atoms in total. The van der Waals surface area contributed by atoms with Crippen molar-refractivity contribution in [2.24, 2.45) is 5.92 Å². The van der Waals surface area contributed by atoms with E-state index in [1.165, 1.54) is 5.56 Å². The van der Waals surface area contributed by atoms with E-state index in [9.17, 15) is 0 Å². The predicted octanol–water partition coefficient (Wildman–Crippen LogP) is 2.82. The third kappa shape index (κ3) is 2.94. The van der Waals surface area contributed by atoms with E-state index in [1.807, 2.05) is 6.07 Å². The van der Waals surface area contributed by atoms with Gasteiger partial charge in [-0.3, -0.25) is 0 Å². The van der Waals surface area contributed by atoms with Crippen LogP contribution >= 0.6 is 22.9 Å². The Morgan fingerprint density at radius 2 is 2.40 bits per heavy atom. The van der Waals surface area contributed by atoms with Crippen LogP contribution in [0.1, 0.15) is 31.4 Å². The fourth-order valence-electron chi connectivity index (χ4n) is 1.88. The molecular formula is C11H16ClNOS. The molecular weight excluding hydrogens is 230 g/mol. The molecule has 0 bridgehead atoms. The van der Waals surface area contributed by atoms with Gasteiger partial charge in [-0.05, 0) is 49.2 Å². The Hall–Kier alpha value is -0.0900. The van der Waals surface area contributed by atoms with Crippen LogP contribution in [0.3, 0.4) is 0 Å². The highest BCUT2D eigenvalue weighted by Gasteiger charge is 2.26. The van der Waals surface area contributed by atoms with Crippen molar-refractivity contribution in [3.8, 4) is 0 Å². The summed E-state index contributed by atoms with van der Waals surface area (Å²) in [5.41, 5.74) is 1.25. The van der Waals surface area contributed by atoms with E-state index >= 15 is 0 Å². The maximum atomic E-state index is 9.16. The molecule has 1 unspecified atom stereocenters. The first-order valence-electron chi connectivity index (χ1n) is 5.30. The smallest absolute Gasteiger partial charge is 0.0931 e. The summed E-state index contributed by atoms with van der Waals surface area (Å²) in [5, 5.41) is 14.7. The van der Waals surface area contributed by atoms with E-state index in [-0.39, 0.29) is 6.10 Å². The van der Waals surface area contributed by atoms with Crippen molar-refractivity contribution in [3.05, 3.63) is 21.3 Å². The summed E-state index contributed by atoms with van der Waals surface area (Å²) in [4.78, 5) is 0. The molecule has 15 heavy (non-hydrogen) atoms. The molecule has 0 aliphatic heterocycles. The first-order chi connectivity index (χ1) is 7.15. The molecule has 1 fully saturated rings. The number of hydrogen-bond acceptors (Lipinski definition) is 3. The van der Waals surface area contributed by atoms with Crippen LogP contribution < -0.4 is 5.32 Å². The third-order valence-corrected chi connectivity index (χ3v) is 4.12. The molecule has 1 aliphatic carbocycles. The zero-order chi connectivity index (χ0) is 10.8. The lowest BCUT2D eigenvalue weighted by Crippen LogP contribution is -2.36. The Morgan fingerprint density at radius 1 is 1.67 bits per heavy atom. The van der Waals surface area contributed by atoms with Gasteiger partial charge in [0.25, 0.3) is 0 Å². The molecule has 2 rings (SSSR count). The Labute approximate surface area is 99.3 Å². The second-order valence-electron chi connectivity index (χ2n) is 4.31. The predicted molar refractivity (Wildman–Crippen MR) is 64.5 cm³/mol. The average molecular weight is 246 g/mol. The first kappa shape index (κ1) is 11.4. The van der Waals surface area contributed by atoms with Gasteiger partial charge in [0.1, 0.15) is 0 Å². The van der Waals surface area contributed by atoms with E-state index in [1.54, 1.807) is 11.3 Å². The van der Waals surface area contributed by atoms with E-state index in [0.29, 0.717) is 12.0 Å². The van der Waals surface area contributed by atoms with Gasteiger partial charge < -0.3 is 10.4 Å². The molecule has 0 aromatic carbocycles. The van der Waals surface area contributed by atoms with Crippen molar-refractivity contribution in [1.29, 1.82) is 0 Å². The van der Waals surface area contributed by atoms with Gasteiger partial charge in [-0.15, -0.1) is 11.3 Å². The molecule has 1 aliphatic rings. The topological polar surface area (TPSA) is 32.3 Å². The Balaban J connectivity index is 1.75. The minimum atomic E-state index is -0.0531. The summed E-state index contributed by atoms with van der Waals surface area (Å²) in [7, 11) is 0. The molecule has 1 aromatic rings. The summed E-state index contributed by atoms with van der Waals surface area (Å²) in [6, 6.07) is 2.37. The van der Waals surface area contributed by atoms with Crippen molar-refractivity contribution < 1.29 is 5.11 Å². The minimum Gasteiger partial charge on any atom is -0.393 e. The molecule has 4 heteroatoms. The summed E-state index contributed by atoms with van der Waals surface area (Å²) in [5.74, 6) is 0.650. The average Bonchev–Trinajstić information content (AvgIpc) is 2.57. The molecule has 0 saturated heterocycles. The molecule has 0 radical (unpaired) electrons. The minimum absolute atomic E-state index is 0.0531. The number of thiophene rings is 1. The van der Waals surface area contributed by atoms with Crippen molar-refractivity contribution in [2.45, 2.75) is 31.9 Å². The molecule has 84 valence electrons. The second kappa shape index (κ2) is 4.83. The number of rotatable bonds is 4. The normalized spacial score (nSPS) is 27.4. The molecule has 1 atom stereocenters. The zero-order valence-corrected chi connectivity index (χ0v) is 10.3. The van der Waals surface area contributed by atoms with E-state index in [4.69, 9.17) is 16.7 Å². The molecule has 1 heterocycles. The van der Waals surface area contributed by atoms with E-state index < -0.39 is 0 Å². The van der Waals surface area contributed by atoms with Gasteiger partial charge in [0.05, 0.1) is 10.4 Å². The van der Waals surface area contributed by atoms with Gasteiger partial charge in [0.15, 0.2) is 0 Å². The number of halogens is 1. The highest BCUT2D eigenvalue weighted by molar-refractivity contribution is 7.14. The maximum Gasteiger partial charge on any atom is 0.0931 e. The summed E-state index contributed by atoms with van der Waals surface area (Å²) in [6.45, 7) is 3.14. The first-order valence-corrected chi connectivity index (χ1v) is 6.56. The lowest BCUT2D eigenvalue weighted by atomic mass is 9.82. The van der Waals surface area contributed by atoms with Crippen LogP contribution in [-0.4, -0.2) is 17.8 Å². The van der Waals surface area contributed by atoms with Crippen LogP contribution in [-0.2, 0) is 0 Å². The van der Waals surface area contributed by atoms with Gasteiger partial charge in [-0.25, -0.2) is 0 Å². The third-order valence-electron chi connectivity index (χ3n) is 3.01. The van der Waals surface area contributed by atoms with Crippen LogP contribution in [0.4, 0.5) is 0 Å². The van der Waals surface area contributed by atoms with Gasteiger partial charge in [-0.1, -0.05) is 11.6 Å². The number of hydrogen-bond donors (Lipinski definition) is 2. The van der Waals surface area contributed by atoms with Crippen LogP contribution in [0.5, 0.6) is 0 Å². The monoisotopic (exact) mass is 245 g/mol. The molecule has 0 spiro atoms. The fourth-order valence-corrected chi connectivity index (χ4v) is 2.86. The number of nitrogens with one attached hydrogen (secondary N) is 1. The fraction of sp³-hybridized carbons (Fsp3) is 0.636. The maximum absolute atomic E-state index is 9.16. The summed E-state index contributed by atoms with van der Waals surface area (Å²) < 4.78 is 0.845. The zero-order valence-electron chi connectivity index (χ0n) is 8.74. The number of aliphatic hydroxyl groups is 1. The van der Waals surface area contributed by atoms with Crippen LogP contribution in [0.2, 0.25) is 4.34 Å². The molecule has 0 amide bonds. The lowest BCUT2D eigenvalue weighted by Gasteiger charge is -2.32. The van der Waals surface area contributed by atoms with E-state index in [2.05, 4.69) is 17.6 Å². The van der Waals surface area contributed by atoms with Crippen LogP contribution in [0.15, 0.2) is 11.4 Å². The standard InChI is InChI=1S/C11H16ClNOS/c1-7(9-4-11(12)15-6-9)13-5-8-2-10(14)3-8/h4,6-8,10,13-14H,2-3,5H2,1H3. The van der Waals surface area contributed by atoms with Gasteiger partial charge in [-0.2, -0.15) is 0 Å². The van der Waals surface area contributed by atoms with E-state index in [0.717, 1.165) is 23.7 Å². The van der Waals surface area contributed by atoms with Crippen LogP contribution in [0, 0.1) is 5.92 Å². The van der Waals surface area contributed by atoms with Crippen molar-refractivity contribution in [3.63, 3.8) is 0 Å². The molecule has 1 saturated carbocycles. The van der Waals surface area contributed by atoms with Gasteiger partial charge in [0.2, 0.25) is 0 Å². The van der Waals surface area contributed by atoms with Gasteiger partial charge >= 0.3 is 0 Å². The second-order valence-corrected chi connectivity index (χ2v) is 5.85. The van der Waals surface area contributed by atoms with Crippen molar-refractivity contribution in [1.82, 2.24) is 5.32 Å². The molecule has 1 aromatic heterocycles.